The smallest absolute Gasteiger partial charge is 0.114 e. The van der Waals surface area contributed by atoms with Crippen LogP contribution in [0, 0.1) is 0 Å². The first-order chi connectivity index (χ1) is 5.43. The second-order valence-electron chi connectivity index (χ2n) is 1.94. The van der Waals surface area contributed by atoms with Gasteiger partial charge in [-0.3, -0.25) is 0 Å². The summed E-state index contributed by atoms with van der Waals surface area (Å²) in [7, 11) is 0. The SMILES string of the molecule is CC.CCC1=CN=CN=CC1. The first-order valence-electron chi connectivity index (χ1n) is 4.14. The van der Waals surface area contributed by atoms with Crippen molar-refractivity contribution in [2.45, 2.75) is 33.6 Å². The van der Waals surface area contributed by atoms with Gasteiger partial charge in [-0.2, -0.15) is 0 Å². The van der Waals surface area contributed by atoms with Gasteiger partial charge in [0.1, 0.15) is 6.34 Å². The zero-order valence-corrected chi connectivity index (χ0v) is 7.54. The average molecular weight is 152 g/mol. The fourth-order valence-electron chi connectivity index (χ4n) is 0.683. The first kappa shape index (κ1) is 10.1. The van der Waals surface area contributed by atoms with Gasteiger partial charge in [0.25, 0.3) is 0 Å². The molecule has 1 aliphatic rings. The topological polar surface area (TPSA) is 24.7 Å². The molecule has 11 heavy (non-hydrogen) atoms. The molecule has 0 fully saturated rings. The minimum atomic E-state index is 0.955. The maximum absolute atomic E-state index is 3.94. The lowest BCUT2D eigenvalue weighted by molar-refractivity contribution is 1.05. The molecule has 0 unspecified atom stereocenters. The molecule has 0 aromatic heterocycles. The van der Waals surface area contributed by atoms with Crippen LogP contribution >= 0.6 is 0 Å². The monoisotopic (exact) mass is 152 g/mol. The van der Waals surface area contributed by atoms with Crippen molar-refractivity contribution in [3.63, 3.8) is 0 Å². The van der Waals surface area contributed by atoms with Gasteiger partial charge in [0, 0.05) is 18.8 Å². The van der Waals surface area contributed by atoms with E-state index in [1.807, 2.05) is 26.3 Å². The number of allylic oxidation sites excluding steroid dienone is 1. The Labute approximate surface area is 68.8 Å². The predicted molar refractivity (Wildman–Crippen MR) is 51.3 cm³/mol. The third-order valence-corrected chi connectivity index (χ3v) is 1.30. The standard InChI is InChI=1S/C7H10N2.C2H6/c1-2-7-3-4-8-6-9-5-7;1-2/h4-6H,2-3H2,1H3;1-2H3. The fraction of sp³-hybridized carbons (Fsp3) is 0.556. The molecule has 1 aliphatic heterocycles. The number of aliphatic imine (C=N–C) groups is 2. The second kappa shape index (κ2) is 7.19. The van der Waals surface area contributed by atoms with Crippen molar-refractivity contribution in [3.8, 4) is 0 Å². The normalized spacial score (nSPS) is 14.6. The van der Waals surface area contributed by atoms with Crippen molar-refractivity contribution in [1.82, 2.24) is 0 Å². The largest absolute Gasteiger partial charge is 0.249 e. The van der Waals surface area contributed by atoms with E-state index in [0.717, 1.165) is 12.8 Å². The van der Waals surface area contributed by atoms with Crippen LogP contribution < -0.4 is 0 Å². The quantitative estimate of drug-likeness (QED) is 0.552. The number of hydrogen-bond donors (Lipinski definition) is 0. The van der Waals surface area contributed by atoms with Crippen molar-refractivity contribution in [3.05, 3.63) is 11.8 Å². The summed E-state index contributed by atoms with van der Waals surface area (Å²) in [6.45, 7) is 6.13. The maximum Gasteiger partial charge on any atom is 0.114 e. The van der Waals surface area contributed by atoms with Crippen LogP contribution in [0.4, 0.5) is 0 Å². The number of rotatable bonds is 1. The highest BCUT2D eigenvalue weighted by atomic mass is 14.8. The molecular weight excluding hydrogens is 136 g/mol. The van der Waals surface area contributed by atoms with E-state index in [1.165, 1.54) is 5.57 Å². The van der Waals surface area contributed by atoms with Gasteiger partial charge in [-0.05, 0) is 12.0 Å². The Morgan fingerprint density at radius 1 is 1.36 bits per heavy atom. The molecule has 0 saturated carbocycles. The molecule has 0 bridgehead atoms. The summed E-state index contributed by atoms with van der Waals surface area (Å²) in [6.07, 6.45) is 7.36. The molecule has 0 aromatic carbocycles. The van der Waals surface area contributed by atoms with Crippen molar-refractivity contribution >= 4 is 12.6 Å². The molecular formula is C9H16N2. The lowest BCUT2D eigenvalue weighted by atomic mass is 10.2. The molecule has 0 saturated heterocycles. The van der Waals surface area contributed by atoms with Crippen LogP contribution in [0.1, 0.15) is 33.6 Å². The molecule has 0 radical (unpaired) electrons. The molecule has 0 atom stereocenters. The van der Waals surface area contributed by atoms with Crippen LogP contribution in [0.3, 0.4) is 0 Å². The van der Waals surface area contributed by atoms with Gasteiger partial charge in [0.2, 0.25) is 0 Å². The Kier molecular flexibility index (Phi) is 6.59. The van der Waals surface area contributed by atoms with Gasteiger partial charge < -0.3 is 0 Å². The lowest BCUT2D eigenvalue weighted by Gasteiger charge is -1.92. The molecule has 0 spiro atoms. The van der Waals surface area contributed by atoms with Crippen LogP contribution in [0.15, 0.2) is 21.8 Å². The third-order valence-electron chi connectivity index (χ3n) is 1.30. The molecule has 0 amide bonds. The van der Waals surface area contributed by atoms with E-state index in [9.17, 15) is 0 Å². The van der Waals surface area contributed by atoms with Gasteiger partial charge in [0.05, 0.1) is 0 Å². The Hall–Kier alpha value is -0.920. The first-order valence-corrected chi connectivity index (χ1v) is 4.14. The Morgan fingerprint density at radius 3 is 2.73 bits per heavy atom. The van der Waals surface area contributed by atoms with Gasteiger partial charge >= 0.3 is 0 Å². The van der Waals surface area contributed by atoms with Crippen LogP contribution in [0.25, 0.3) is 0 Å². The maximum atomic E-state index is 3.94. The molecule has 0 aromatic rings. The van der Waals surface area contributed by atoms with E-state index in [1.54, 1.807) is 6.34 Å². The zero-order chi connectivity index (χ0) is 8.53. The van der Waals surface area contributed by atoms with Gasteiger partial charge in [0.15, 0.2) is 0 Å². The predicted octanol–water partition coefficient (Wildman–Crippen LogP) is 2.81. The summed E-state index contributed by atoms with van der Waals surface area (Å²) in [5, 5.41) is 0. The summed E-state index contributed by atoms with van der Waals surface area (Å²) in [5.41, 5.74) is 1.34. The van der Waals surface area contributed by atoms with Crippen molar-refractivity contribution in [2.24, 2.45) is 9.98 Å². The van der Waals surface area contributed by atoms with E-state index in [0.29, 0.717) is 0 Å². The molecule has 2 nitrogen and oxygen atoms in total. The summed E-state index contributed by atoms with van der Waals surface area (Å²) in [4.78, 5) is 7.84. The van der Waals surface area contributed by atoms with E-state index in [2.05, 4.69) is 16.9 Å². The van der Waals surface area contributed by atoms with Crippen molar-refractivity contribution in [1.29, 1.82) is 0 Å². The van der Waals surface area contributed by atoms with E-state index >= 15 is 0 Å². The minimum absolute atomic E-state index is 0.955. The number of hydrogen-bond acceptors (Lipinski definition) is 2. The van der Waals surface area contributed by atoms with E-state index < -0.39 is 0 Å². The Morgan fingerprint density at radius 2 is 2.09 bits per heavy atom. The summed E-state index contributed by atoms with van der Waals surface area (Å²) in [6, 6.07) is 0. The van der Waals surface area contributed by atoms with Gasteiger partial charge in [-0.25, -0.2) is 9.98 Å². The highest BCUT2D eigenvalue weighted by Gasteiger charge is 1.90. The molecule has 2 heteroatoms. The number of nitrogens with zero attached hydrogens (tertiary/aromatic N) is 2. The molecule has 0 N–H and O–H groups in total. The summed E-state index contributed by atoms with van der Waals surface area (Å²) < 4.78 is 0. The van der Waals surface area contributed by atoms with Crippen molar-refractivity contribution < 1.29 is 0 Å². The third kappa shape index (κ3) is 4.48. The highest BCUT2D eigenvalue weighted by molar-refractivity contribution is 5.75. The summed E-state index contributed by atoms with van der Waals surface area (Å²) >= 11 is 0. The van der Waals surface area contributed by atoms with E-state index in [-0.39, 0.29) is 0 Å². The lowest BCUT2D eigenvalue weighted by Crippen LogP contribution is -1.79. The van der Waals surface area contributed by atoms with Gasteiger partial charge in [-0.15, -0.1) is 0 Å². The van der Waals surface area contributed by atoms with Crippen LogP contribution in [0.2, 0.25) is 0 Å². The minimum Gasteiger partial charge on any atom is -0.249 e. The molecule has 1 rings (SSSR count). The van der Waals surface area contributed by atoms with Gasteiger partial charge in [-0.1, -0.05) is 20.8 Å². The summed E-state index contributed by atoms with van der Waals surface area (Å²) in [5.74, 6) is 0. The second-order valence-corrected chi connectivity index (χ2v) is 1.94. The van der Waals surface area contributed by atoms with Crippen molar-refractivity contribution in [2.75, 3.05) is 0 Å². The fourth-order valence-corrected chi connectivity index (χ4v) is 0.683. The Balaban J connectivity index is 0.000000461. The Bertz CT molecular complexity index is 166. The average Bonchev–Trinajstić information content (AvgIpc) is 2.35. The van der Waals surface area contributed by atoms with Crippen LogP contribution in [-0.4, -0.2) is 12.6 Å². The zero-order valence-electron chi connectivity index (χ0n) is 7.54. The molecule has 0 aliphatic carbocycles. The molecule has 62 valence electrons. The van der Waals surface area contributed by atoms with Crippen LogP contribution in [0.5, 0.6) is 0 Å². The molecule has 1 heterocycles. The van der Waals surface area contributed by atoms with Crippen LogP contribution in [-0.2, 0) is 0 Å². The highest BCUT2D eigenvalue weighted by Crippen LogP contribution is 2.05. The van der Waals surface area contributed by atoms with E-state index in [4.69, 9.17) is 0 Å².